The lowest BCUT2D eigenvalue weighted by atomic mass is 10.0. The van der Waals surface area contributed by atoms with Crippen molar-refractivity contribution < 1.29 is 24.6 Å². The predicted octanol–water partition coefficient (Wildman–Crippen LogP) is 0.970. The first-order chi connectivity index (χ1) is 15.8. The Kier molecular flexibility index (Phi) is 7.96. The van der Waals surface area contributed by atoms with E-state index in [0.29, 0.717) is 5.56 Å². The molecule has 0 aliphatic heterocycles. The highest BCUT2D eigenvalue weighted by molar-refractivity contribution is 7.80. The Hall–Kier alpha value is -3.50. The summed E-state index contributed by atoms with van der Waals surface area (Å²) in [5, 5.41) is 25.2. The van der Waals surface area contributed by atoms with Crippen LogP contribution in [0.15, 0.2) is 54.7 Å². The highest BCUT2D eigenvalue weighted by atomic mass is 32.1. The first-order valence-corrected chi connectivity index (χ1v) is 10.9. The largest absolute Gasteiger partial charge is 0.508 e. The molecule has 0 aliphatic rings. The van der Waals surface area contributed by atoms with Gasteiger partial charge >= 0.3 is 5.97 Å². The second kappa shape index (κ2) is 10.9. The average Bonchev–Trinajstić information content (AvgIpc) is 3.21. The van der Waals surface area contributed by atoms with Gasteiger partial charge in [0.1, 0.15) is 17.8 Å². The zero-order valence-corrected chi connectivity index (χ0v) is 18.6. The number of benzene rings is 2. The second-order valence-electron chi connectivity index (χ2n) is 7.68. The van der Waals surface area contributed by atoms with E-state index >= 15 is 0 Å². The summed E-state index contributed by atoms with van der Waals surface area (Å²) in [5.41, 5.74) is 7.99. The average molecular weight is 471 g/mol. The minimum absolute atomic E-state index is 0.0567. The third-order valence-corrected chi connectivity index (χ3v) is 5.65. The third-order valence-electron chi connectivity index (χ3n) is 5.26. The maximum absolute atomic E-state index is 13.1. The van der Waals surface area contributed by atoms with Gasteiger partial charge in [-0.3, -0.25) is 9.59 Å². The number of hydrogen-bond donors (Lipinski definition) is 7. The van der Waals surface area contributed by atoms with E-state index in [0.717, 1.165) is 16.5 Å². The number of hydrogen-bond acceptors (Lipinski definition) is 6. The summed E-state index contributed by atoms with van der Waals surface area (Å²) in [7, 11) is 0. The number of nitrogens with one attached hydrogen (secondary N) is 3. The minimum atomic E-state index is -1.21. The van der Waals surface area contributed by atoms with E-state index in [2.05, 4.69) is 28.2 Å². The second-order valence-corrected chi connectivity index (χ2v) is 8.05. The molecule has 0 radical (unpaired) electrons. The molecular formula is C23H26N4O5S. The van der Waals surface area contributed by atoms with E-state index in [1.807, 2.05) is 24.3 Å². The summed E-state index contributed by atoms with van der Waals surface area (Å²) >= 11 is 4.01. The van der Waals surface area contributed by atoms with Crippen LogP contribution in [-0.4, -0.2) is 56.9 Å². The van der Waals surface area contributed by atoms with Gasteiger partial charge in [0.25, 0.3) is 0 Å². The van der Waals surface area contributed by atoms with Crippen molar-refractivity contribution in [1.82, 2.24) is 15.6 Å². The molecule has 9 nitrogen and oxygen atoms in total. The maximum atomic E-state index is 13.1. The topological polar surface area (TPSA) is 158 Å². The van der Waals surface area contributed by atoms with Crippen molar-refractivity contribution in [2.45, 2.75) is 31.0 Å². The van der Waals surface area contributed by atoms with Crippen molar-refractivity contribution >= 4 is 41.3 Å². The number of fused-ring (bicyclic) bond motifs is 1. The number of para-hydroxylation sites is 1. The molecule has 174 valence electrons. The molecule has 0 fully saturated rings. The summed E-state index contributed by atoms with van der Waals surface area (Å²) in [6.45, 7) is 0. The summed E-state index contributed by atoms with van der Waals surface area (Å²) in [4.78, 5) is 40.4. The van der Waals surface area contributed by atoms with E-state index in [9.17, 15) is 24.6 Å². The standard InChI is InChI=1S/C23H26N4O5S/c24-17(12-33)21(29)26-19(9-13-5-7-15(28)8-6-13)22(30)27-20(23(31)32)10-14-11-25-18-4-2-1-3-16(14)18/h1-8,11,17,19-20,25,28,33H,9-10,12,24H2,(H,26,29)(H,27,30)(H,31,32)/t17-,19-,20+/m0/s1. The monoisotopic (exact) mass is 470 g/mol. The number of phenolic OH excluding ortho intramolecular Hbond substituents is 1. The number of amides is 2. The third kappa shape index (κ3) is 6.27. The van der Waals surface area contributed by atoms with Crippen molar-refractivity contribution in [2.24, 2.45) is 5.73 Å². The number of carboxylic acids is 1. The lowest BCUT2D eigenvalue weighted by Crippen LogP contribution is -2.55. The van der Waals surface area contributed by atoms with Crippen molar-refractivity contribution in [3.63, 3.8) is 0 Å². The van der Waals surface area contributed by atoms with Gasteiger partial charge in [-0.15, -0.1) is 0 Å². The summed E-state index contributed by atoms with van der Waals surface area (Å²) in [6, 6.07) is 10.4. The normalized spacial score (nSPS) is 13.8. The van der Waals surface area contributed by atoms with Crippen molar-refractivity contribution in [1.29, 1.82) is 0 Å². The number of carboxylic acid groups (broad SMARTS) is 1. The number of carbonyl (C=O) groups is 3. The number of aromatic amines is 1. The molecule has 0 unspecified atom stereocenters. The van der Waals surface area contributed by atoms with E-state index in [-0.39, 0.29) is 24.3 Å². The van der Waals surface area contributed by atoms with Crippen LogP contribution in [-0.2, 0) is 27.2 Å². The predicted molar refractivity (Wildman–Crippen MR) is 127 cm³/mol. The zero-order chi connectivity index (χ0) is 24.0. The fraction of sp³-hybridized carbons (Fsp3) is 0.261. The van der Waals surface area contributed by atoms with Crippen LogP contribution in [0.25, 0.3) is 10.9 Å². The molecule has 1 aromatic heterocycles. The molecule has 0 aliphatic carbocycles. The lowest BCUT2D eigenvalue weighted by molar-refractivity contribution is -0.142. The Bertz CT molecular complexity index is 1130. The van der Waals surface area contributed by atoms with E-state index < -0.39 is 35.9 Å². The molecule has 3 rings (SSSR count). The van der Waals surface area contributed by atoms with E-state index in [1.54, 1.807) is 18.3 Å². The fourth-order valence-electron chi connectivity index (χ4n) is 3.43. The highest BCUT2D eigenvalue weighted by Gasteiger charge is 2.28. The van der Waals surface area contributed by atoms with Crippen molar-refractivity contribution in [3.05, 3.63) is 65.9 Å². The zero-order valence-electron chi connectivity index (χ0n) is 17.7. The van der Waals surface area contributed by atoms with Gasteiger partial charge in [-0.2, -0.15) is 12.6 Å². The van der Waals surface area contributed by atoms with Crippen LogP contribution < -0.4 is 16.4 Å². The van der Waals surface area contributed by atoms with E-state index in [4.69, 9.17) is 5.73 Å². The van der Waals surface area contributed by atoms with E-state index in [1.165, 1.54) is 12.1 Å². The fourth-order valence-corrected chi connectivity index (χ4v) is 3.60. The smallest absolute Gasteiger partial charge is 0.326 e. The van der Waals surface area contributed by atoms with Gasteiger partial charge in [-0.1, -0.05) is 30.3 Å². The Morgan fingerprint density at radius 1 is 0.970 bits per heavy atom. The minimum Gasteiger partial charge on any atom is -0.508 e. The lowest BCUT2D eigenvalue weighted by Gasteiger charge is -2.23. The molecule has 2 aromatic carbocycles. The number of rotatable bonds is 10. The molecule has 1 heterocycles. The molecule has 3 aromatic rings. The van der Waals surface area contributed by atoms with Crippen LogP contribution in [0.4, 0.5) is 0 Å². The van der Waals surface area contributed by atoms with Crippen molar-refractivity contribution in [3.8, 4) is 5.75 Å². The first kappa shape index (κ1) is 24.1. The number of aliphatic carboxylic acids is 1. The molecule has 0 saturated heterocycles. The Labute approximate surface area is 195 Å². The molecule has 2 amide bonds. The van der Waals surface area contributed by atoms with Gasteiger partial charge in [-0.05, 0) is 29.3 Å². The van der Waals surface area contributed by atoms with Crippen LogP contribution in [0.5, 0.6) is 5.75 Å². The number of H-pyrrole nitrogens is 1. The highest BCUT2D eigenvalue weighted by Crippen LogP contribution is 2.19. The molecule has 3 atom stereocenters. The summed E-state index contributed by atoms with van der Waals surface area (Å²) < 4.78 is 0. The van der Waals surface area contributed by atoms with Crippen LogP contribution in [0, 0.1) is 0 Å². The number of carbonyl (C=O) groups excluding carboxylic acids is 2. The molecule has 10 heteroatoms. The molecule has 0 bridgehead atoms. The Morgan fingerprint density at radius 2 is 1.64 bits per heavy atom. The SMILES string of the molecule is N[C@@H](CS)C(=O)N[C@@H](Cc1ccc(O)cc1)C(=O)N[C@H](Cc1c[nH]c2ccccc12)C(=O)O. The Morgan fingerprint density at radius 3 is 2.30 bits per heavy atom. The van der Waals surface area contributed by atoms with Gasteiger partial charge < -0.3 is 31.6 Å². The molecule has 33 heavy (non-hydrogen) atoms. The van der Waals surface area contributed by atoms with Crippen LogP contribution in [0.1, 0.15) is 11.1 Å². The number of nitrogens with two attached hydrogens (primary N) is 1. The Balaban J connectivity index is 1.79. The number of phenols is 1. The van der Waals surface area contributed by atoms with Crippen LogP contribution in [0.2, 0.25) is 0 Å². The van der Waals surface area contributed by atoms with Gasteiger partial charge in [0, 0.05) is 35.7 Å². The molecule has 0 spiro atoms. The summed E-state index contributed by atoms with van der Waals surface area (Å²) in [5.74, 6) is -2.29. The number of aromatic hydroxyl groups is 1. The van der Waals surface area contributed by atoms with Crippen LogP contribution in [0.3, 0.4) is 0 Å². The van der Waals surface area contributed by atoms with Gasteiger partial charge in [0.2, 0.25) is 11.8 Å². The van der Waals surface area contributed by atoms with Gasteiger partial charge in [0.15, 0.2) is 0 Å². The number of thiol groups is 1. The summed E-state index contributed by atoms with van der Waals surface area (Å²) in [6.07, 6.45) is 1.85. The quantitative estimate of drug-likeness (QED) is 0.219. The van der Waals surface area contributed by atoms with Gasteiger partial charge in [-0.25, -0.2) is 4.79 Å². The van der Waals surface area contributed by atoms with Crippen LogP contribution >= 0.6 is 12.6 Å². The number of aromatic nitrogens is 1. The molecular weight excluding hydrogens is 444 g/mol. The first-order valence-electron chi connectivity index (χ1n) is 10.3. The van der Waals surface area contributed by atoms with Gasteiger partial charge in [0.05, 0.1) is 6.04 Å². The molecule has 7 N–H and O–H groups in total. The van der Waals surface area contributed by atoms with Crippen molar-refractivity contribution in [2.75, 3.05) is 5.75 Å². The molecule has 0 saturated carbocycles. The maximum Gasteiger partial charge on any atom is 0.326 e.